The van der Waals surface area contributed by atoms with Gasteiger partial charge in [-0.1, -0.05) is 250 Å². The lowest BCUT2D eigenvalue weighted by atomic mass is 10.0. The van der Waals surface area contributed by atoms with Crippen LogP contribution in [0.4, 0.5) is 0 Å². The van der Waals surface area contributed by atoms with Crippen LogP contribution in [0, 0.1) is 0 Å². The molecule has 0 fully saturated rings. The first-order chi connectivity index (χ1) is 32.1. The van der Waals surface area contributed by atoms with Gasteiger partial charge in [-0.15, -0.1) is 0 Å². The molecule has 392 valence electrons. The highest BCUT2D eigenvalue weighted by Gasteiger charge is 2.20. The van der Waals surface area contributed by atoms with E-state index >= 15 is 0 Å². The maximum atomic E-state index is 12.8. The molecule has 8 nitrogen and oxygen atoms in total. The van der Waals surface area contributed by atoms with Crippen molar-refractivity contribution >= 4 is 13.8 Å². The minimum absolute atomic E-state index is 0.0268. The van der Waals surface area contributed by atoms with Crippen LogP contribution in [-0.2, 0) is 27.9 Å². The molecular formula is C57H112NO7P. The number of nitrogens with zero attached hydrogens (tertiary/aromatic N) is 1. The number of rotatable bonds is 54. The molecule has 0 N–H and O–H groups in total. The van der Waals surface area contributed by atoms with Gasteiger partial charge in [-0.3, -0.25) is 9.36 Å². The summed E-state index contributed by atoms with van der Waals surface area (Å²) in [6.45, 7) is 5.45. The van der Waals surface area contributed by atoms with E-state index in [1.165, 1.54) is 212 Å². The van der Waals surface area contributed by atoms with Crippen molar-refractivity contribution < 1.29 is 37.3 Å². The Morgan fingerprint density at radius 2 is 0.833 bits per heavy atom. The fourth-order valence-corrected chi connectivity index (χ4v) is 9.07. The number of likely N-dealkylation sites (N-methyl/N-ethyl adjacent to an activating group) is 1. The molecule has 0 heterocycles. The number of hydrogen-bond donors (Lipinski definition) is 0. The van der Waals surface area contributed by atoms with Crippen molar-refractivity contribution in [2.45, 2.75) is 283 Å². The Balaban J connectivity index is 4.02. The highest BCUT2D eigenvalue weighted by atomic mass is 31.2. The quantitative estimate of drug-likeness (QED) is 0.0197. The number of allylic oxidation sites excluding steroid dienone is 4. The predicted molar refractivity (Wildman–Crippen MR) is 282 cm³/mol. The zero-order valence-corrected chi connectivity index (χ0v) is 45.6. The first-order valence-corrected chi connectivity index (χ1v) is 30.0. The van der Waals surface area contributed by atoms with Gasteiger partial charge in [0.05, 0.1) is 34.4 Å². The van der Waals surface area contributed by atoms with Crippen LogP contribution >= 0.6 is 7.82 Å². The largest absolute Gasteiger partial charge is 0.756 e. The van der Waals surface area contributed by atoms with E-state index in [0.29, 0.717) is 24.1 Å². The summed E-state index contributed by atoms with van der Waals surface area (Å²) >= 11 is 0. The van der Waals surface area contributed by atoms with Gasteiger partial charge in [-0.25, -0.2) is 0 Å². The molecule has 0 amide bonds. The van der Waals surface area contributed by atoms with Crippen molar-refractivity contribution in [2.75, 3.05) is 54.1 Å². The zero-order chi connectivity index (χ0) is 48.3. The average molecular weight is 954 g/mol. The summed E-state index contributed by atoms with van der Waals surface area (Å²) in [5.74, 6) is -0.336. The normalized spacial score (nSPS) is 13.6. The highest BCUT2D eigenvalue weighted by molar-refractivity contribution is 7.45. The molecule has 0 radical (unpaired) electrons. The van der Waals surface area contributed by atoms with Gasteiger partial charge in [0, 0.05) is 13.0 Å². The number of carbonyl (C=O) groups excluding carboxylic acids is 1. The van der Waals surface area contributed by atoms with Gasteiger partial charge in [-0.05, 0) is 44.9 Å². The van der Waals surface area contributed by atoms with E-state index in [0.717, 1.165) is 44.9 Å². The fraction of sp³-hybridized carbons (Fsp3) is 0.912. The Hall–Kier alpha value is -1.02. The van der Waals surface area contributed by atoms with E-state index in [4.69, 9.17) is 18.5 Å². The molecule has 0 aromatic heterocycles. The molecule has 0 saturated heterocycles. The first-order valence-electron chi connectivity index (χ1n) is 28.6. The van der Waals surface area contributed by atoms with Crippen molar-refractivity contribution in [3.05, 3.63) is 24.3 Å². The van der Waals surface area contributed by atoms with E-state index in [9.17, 15) is 14.3 Å². The molecule has 0 aliphatic heterocycles. The van der Waals surface area contributed by atoms with E-state index in [1.54, 1.807) is 0 Å². The lowest BCUT2D eigenvalue weighted by Gasteiger charge is -2.28. The van der Waals surface area contributed by atoms with Crippen molar-refractivity contribution in [1.29, 1.82) is 0 Å². The van der Waals surface area contributed by atoms with Gasteiger partial charge in [-0.2, -0.15) is 0 Å². The summed E-state index contributed by atoms with van der Waals surface area (Å²) in [5, 5.41) is 0. The van der Waals surface area contributed by atoms with Crippen LogP contribution < -0.4 is 4.89 Å². The molecule has 0 aromatic carbocycles. The SMILES string of the molecule is CCCCCC/C=C\C/C=C\CCCCCCCCCC(=O)OC(COCCCCCCCCCCCCCCCCCCCCCCCCCCCC)COP(=O)([O-])OCC[N+](C)(C)C. The molecule has 9 heteroatoms. The van der Waals surface area contributed by atoms with Gasteiger partial charge in [0.15, 0.2) is 0 Å². The van der Waals surface area contributed by atoms with E-state index < -0.39 is 13.9 Å². The second-order valence-corrected chi connectivity index (χ2v) is 22.1. The third-order valence-corrected chi connectivity index (χ3v) is 13.7. The van der Waals surface area contributed by atoms with Crippen molar-refractivity contribution in [3.63, 3.8) is 0 Å². The molecule has 0 bridgehead atoms. The molecule has 2 atom stereocenters. The molecule has 0 aliphatic rings. The number of quaternary nitrogens is 1. The zero-order valence-electron chi connectivity index (χ0n) is 44.7. The Labute approximate surface area is 411 Å². The van der Waals surface area contributed by atoms with Crippen LogP contribution in [0.1, 0.15) is 277 Å². The summed E-state index contributed by atoms with van der Waals surface area (Å²) in [7, 11) is 1.36. The Bertz CT molecular complexity index is 1110. The topological polar surface area (TPSA) is 94.1 Å². The smallest absolute Gasteiger partial charge is 0.306 e. The van der Waals surface area contributed by atoms with E-state index in [-0.39, 0.29) is 25.8 Å². The molecule has 0 aliphatic carbocycles. The summed E-state index contributed by atoms with van der Waals surface area (Å²) in [5.41, 5.74) is 0. The Morgan fingerprint density at radius 1 is 0.470 bits per heavy atom. The molecule has 0 spiro atoms. The molecule has 66 heavy (non-hydrogen) atoms. The van der Waals surface area contributed by atoms with Crippen molar-refractivity contribution in [1.82, 2.24) is 0 Å². The standard InChI is InChI=1S/C57H112NO7P/c1-6-8-10-12-14-16-18-20-22-24-26-27-28-29-30-31-32-33-35-37-39-41-43-45-47-49-52-62-54-56(55-64-66(60,61)63-53-51-58(3,4)5)65-57(59)50-48-46-44-42-40-38-36-34-25-23-21-19-17-15-13-11-9-7-2/h17,19,23,25,56H,6-16,18,20-22,24,26-55H2,1-5H3/b19-17-,25-23-. The molecule has 2 unspecified atom stereocenters. The summed E-state index contributed by atoms with van der Waals surface area (Å²) in [6, 6.07) is 0. The lowest BCUT2D eigenvalue weighted by molar-refractivity contribution is -0.870. The van der Waals surface area contributed by atoms with Crippen LogP contribution in [0.25, 0.3) is 0 Å². The molecule has 0 rings (SSSR count). The van der Waals surface area contributed by atoms with Crippen LogP contribution in [0.3, 0.4) is 0 Å². The second kappa shape index (κ2) is 50.4. The predicted octanol–water partition coefficient (Wildman–Crippen LogP) is 17.3. The third-order valence-electron chi connectivity index (χ3n) is 12.8. The van der Waals surface area contributed by atoms with Crippen LogP contribution in [-0.4, -0.2) is 70.7 Å². The van der Waals surface area contributed by atoms with Gasteiger partial charge < -0.3 is 27.9 Å². The van der Waals surface area contributed by atoms with Gasteiger partial charge >= 0.3 is 5.97 Å². The van der Waals surface area contributed by atoms with Gasteiger partial charge in [0.25, 0.3) is 7.82 Å². The van der Waals surface area contributed by atoms with E-state index in [2.05, 4.69) is 38.2 Å². The average Bonchev–Trinajstić information content (AvgIpc) is 3.28. The second-order valence-electron chi connectivity index (χ2n) is 20.7. The monoisotopic (exact) mass is 954 g/mol. The maximum absolute atomic E-state index is 12.8. The molecule has 0 saturated carbocycles. The van der Waals surface area contributed by atoms with E-state index in [1.807, 2.05) is 21.1 Å². The van der Waals surface area contributed by atoms with Crippen molar-refractivity contribution in [2.24, 2.45) is 0 Å². The number of unbranched alkanes of at least 4 members (excludes halogenated alkanes) is 36. The number of esters is 1. The number of ether oxygens (including phenoxy) is 2. The third kappa shape index (κ3) is 53.9. The Kier molecular flexibility index (Phi) is 49.6. The van der Waals surface area contributed by atoms with Gasteiger partial charge in [0.2, 0.25) is 0 Å². The fourth-order valence-electron chi connectivity index (χ4n) is 8.35. The first kappa shape index (κ1) is 65.0. The maximum Gasteiger partial charge on any atom is 0.306 e. The van der Waals surface area contributed by atoms with Crippen LogP contribution in [0.5, 0.6) is 0 Å². The Morgan fingerprint density at radius 3 is 1.24 bits per heavy atom. The minimum atomic E-state index is -4.53. The number of carbonyl (C=O) groups is 1. The molecular weight excluding hydrogens is 842 g/mol. The number of phosphoric ester groups is 1. The van der Waals surface area contributed by atoms with Crippen LogP contribution in [0.15, 0.2) is 24.3 Å². The van der Waals surface area contributed by atoms with Gasteiger partial charge in [0.1, 0.15) is 19.3 Å². The lowest BCUT2D eigenvalue weighted by Crippen LogP contribution is -2.37. The van der Waals surface area contributed by atoms with Crippen molar-refractivity contribution in [3.8, 4) is 0 Å². The summed E-state index contributed by atoms with van der Waals surface area (Å²) in [4.78, 5) is 25.2. The summed E-state index contributed by atoms with van der Waals surface area (Å²) < 4.78 is 34.8. The van der Waals surface area contributed by atoms with Crippen LogP contribution in [0.2, 0.25) is 0 Å². The number of phosphoric acid groups is 1. The molecule has 0 aromatic rings. The highest BCUT2D eigenvalue weighted by Crippen LogP contribution is 2.38. The minimum Gasteiger partial charge on any atom is -0.756 e. The number of hydrogen-bond acceptors (Lipinski definition) is 7. The summed E-state index contributed by atoms with van der Waals surface area (Å²) in [6.07, 6.45) is 60.8.